The third kappa shape index (κ3) is 2.34. The highest BCUT2D eigenvalue weighted by atomic mass is 15.3. The first-order valence-electron chi connectivity index (χ1n) is 7.61. The number of rotatable bonds is 4. The van der Waals surface area contributed by atoms with Crippen molar-refractivity contribution in [2.24, 2.45) is 11.7 Å². The number of para-hydroxylation sites is 1. The highest BCUT2D eigenvalue weighted by Gasteiger charge is 2.28. The Bertz CT molecular complexity index is 589. The molecule has 1 aliphatic rings. The predicted octanol–water partition coefficient (Wildman–Crippen LogP) is 2.23. The van der Waals surface area contributed by atoms with Crippen molar-refractivity contribution in [1.29, 1.82) is 0 Å². The van der Waals surface area contributed by atoms with E-state index in [0.29, 0.717) is 12.0 Å². The number of hydrogen-bond acceptors (Lipinski definition) is 3. The molecule has 0 spiro atoms. The summed E-state index contributed by atoms with van der Waals surface area (Å²) in [5.41, 5.74) is 8.27. The molecule has 0 amide bonds. The van der Waals surface area contributed by atoms with E-state index in [1.807, 2.05) is 0 Å². The smallest absolute Gasteiger partial charge is 0.0843 e. The van der Waals surface area contributed by atoms with Crippen LogP contribution < -0.4 is 5.73 Å². The maximum absolute atomic E-state index is 5.82. The van der Waals surface area contributed by atoms with Gasteiger partial charge in [0.2, 0.25) is 0 Å². The molecular formula is C16H24N4. The molecule has 2 heterocycles. The van der Waals surface area contributed by atoms with E-state index in [0.717, 1.165) is 26.2 Å². The fourth-order valence-corrected chi connectivity index (χ4v) is 3.36. The monoisotopic (exact) mass is 272 g/mol. The van der Waals surface area contributed by atoms with E-state index in [9.17, 15) is 0 Å². The van der Waals surface area contributed by atoms with Crippen LogP contribution in [0.1, 0.15) is 26.0 Å². The van der Waals surface area contributed by atoms with E-state index in [1.165, 1.54) is 23.0 Å². The Labute approximate surface area is 120 Å². The zero-order valence-electron chi connectivity index (χ0n) is 12.4. The minimum absolute atomic E-state index is 0.606. The molecule has 0 aliphatic carbocycles. The topological polar surface area (TPSA) is 47.1 Å². The summed E-state index contributed by atoms with van der Waals surface area (Å²) in [6.45, 7) is 8.20. The molecular weight excluding hydrogens is 248 g/mol. The highest BCUT2D eigenvalue weighted by Crippen LogP contribution is 2.26. The van der Waals surface area contributed by atoms with Crippen LogP contribution in [0.3, 0.4) is 0 Å². The number of likely N-dealkylation sites (tertiary alicyclic amines) is 1. The molecule has 1 saturated heterocycles. The Hall–Kier alpha value is -1.39. The van der Waals surface area contributed by atoms with E-state index < -0.39 is 0 Å². The molecule has 2 aromatic rings. The van der Waals surface area contributed by atoms with Crippen molar-refractivity contribution in [2.75, 3.05) is 13.1 Å². The van der Waals surface area contributed by atoms with E-state index >= 15 is 0 Å². The molecule has 0 bridgehead atoms. The second-order valence-corrected chi connectivity index (χ2v) is 5.90. The Kier molecular flexibility index (Phi) is 3.76. The minimum Gasteiger partial charge on any atom is -0.330 e. The van der Waals surface area contributed by atoms with Crippen molar-refractivity contribution >= 4 is 10.9 Å². The van der Waals surface area contributed by atoms with Gasteiger partial charge in [0.1, 0.15) is 0 Å². The van der Waals surface area contributed by atoms with Crippen LogP contribution in [0, 0.1) is 5.92 Å². The number of aryl methyl sites for hydroxylation is 1. The lowest BCUT2D eigenvalue weighted by molar-refractivity contribution is 0.253. The van der Waals surface area contributed by atoms with Crippen molar-refractivity contribution in [3.63, 3.8) is 0 Å². The van der Waals surface area contributed by atoms with Crippen LogP contribution in [0.5, 0.6) is 0 Å². The van der Waals surface area contributed by atoms with Crippen molar-refractivity contribution in [3.8, 4) is 0 Å². The molecule has 20 heavy (non-hydrogen) atoms. The van der Waals surface area contributed by atoms with Gasteiger partial charge in [-0.05, 0) is 38.8 Å². The van der Waals surface area contributed by atoms with Crippen molar-refractivity contribution < 1.29 is 0 Å². The number of nitrogens with two attached hydrogens (primary N) is 1. The van der Waals surface area contributed by atoms with Gasteiger partial charge in [-0.25, -0.2) is 0 Å². The van der Waals surface area contributed by atoms with Gasteiger partial charge in [0.05, 0.1) is 11.2 Å². The first kappa shape index (κ1) is 13.6. The van der Waals surface area contributed by atoms with E-state index in [4.69, 9.17) is 10.8 Å². The van der Waals surface area contributed by atoms with Crippen LogP contribution in [0.25, 0.3) is 10.9 Å². The summed E-state index contributed by atoms with van der Waals surface area (Å²) in [6.07, 6.45) is 1.21. The zero-order chi connectivity index (χ0) is 14.1. The summed E-state index contributed by atoms with van der Waals surface area (Å²) >= 11 is 0. The van der Waals surface area contributed by atoms with Gasteiger partial charge < -0.3 is 5.73 Å². The van der Waals surface area contributed by atoms with Gasteiger partial charge in [-0.3, -0.25) is 9.58 Å². The second-order valence-electron chi connectivity index (χ2n) is 5.90. The molecule has 4 heteroatoms. The molecule has 3 rings (SSSR count). The SMILES string of the molecule is CCn1nc(CN2CC(CN)CC2C)c2ccccc21. The lowest BCUT2D eigenvalue weighted by Crippen LogP contribution is -2.27. The van der Waals surface area contributed by atoms with Gasteiger partial charge in [-0.1, -0.05) is 18.2 Å². The van der Waals surface area contributed by atoms with Crippen LogP contribution in [0.4, 0.5) is 0 Å². The van der Waals surface area contributed by atoms with Crippen LogP contribution in [-0.4, -0.2) is 33.8 Å². The number of aromatic nitrogens is 2. The fraction of sp³-hybridized carbons (Fsp3) is 0.562. The average molecular weight is 272 g/mol. The van der Waals surface area contributed by atoms with Gasteiger partial charge in [0.25, 0.3) is 0 Å². The van der Waals surface area contributed by atoms with Gasteiger partial charge in [-0.15, -0.1) is 0 Å². The summed E-state index contributed by atoms with van der Waals surface area (Å²) in [5.74, 6) is 0.643. The van der Waals surface area contributed by atoms with Gasteiger partial charge in [0.15, 0.2) is 0 Å². The van der Waals surface area contributed by atoms with E-state index in [2.05, 4.69) is 47.7 Å². The molecule has 1 aromatic carbocycles. The molecule has 1 aromatic heterocycles. The maximum atomic E-state index is 5.82. The number of fused-ring (bicyclic) bond motifs is 1. The molecule has 2 N–H and O–H groups in total. The Balaban J connectivity index is 1.88. The van der Waals surface area contributed by atoms with Crippen molar-refractivity contribution in [2.45, 2.75) is 39.4 Å². The molecule has 1 aliphatic heterocycles. The zero-order valence-corrected chi connectivity index (χ0v) is 12.4. The molecule has 0 saturated carbocycles. The van der Waals surface area contributed by atoms with Crippen molar-refractivity contribution in [3.05, 3.63) is 30.0 Å². The molecule has 2 unspecified atom stereocenters. The highest BCUT2D eigenvalue weighted by molar-refractivity contribution is 5.81. The van der Waals surface area contributed by atoms with Crippen LogP contribution in [-0.2, 0) is 13.1 Å². The lowest BCUT2D eigenvalue weighted by atomic mass is 10.1. The summed E-state index contributed by atoms with van der Waals surface area (Å²) in [5, 5.41) is 6.09. The first-order valence-corrected chi connectivity index (χ1v) is 7.61. The van der Waals surface area contributed by atoms with Crippen LogP contribution in [0.15, 0.2) is 24.3 Å². The molecule has 4 nitrogen and oxygen atoms in total. The van der Waals surface area contributed by atoms with Gasteiger partial charge in [0, 0.05) is 31.1 Å². The molecule has 2 atom stereocenters. The Morgan fingerprint density at radius 2 is 2.15 bits per heavy atom. The summed E-state index contributed by atoms with van der Waals surface area (Å²) in [4.78, 5) is 2.52. The Morgan fingerprint density at radius 1 is 1.35 bits per heavy atom. The number of benzene rings is 1. The van der Waals surface area contributed by atoms with Crippen molar-refractivity contribution in [1.82, 2.24) is 14.7 Å². The number of nitrogens with zero attached hydrogens (tertiary/aromatic N) is 3. The quantitative estimate of drug-likeness (QED) is 0.928. The van der Waals surface area contributed by atoms with Gasteiger partial charge >= 0.3 is 0 Å². The maximum Gasteiger partial charge on any atom is 0.0843 e. The third-order valence-corrected chi connectivity index (χ3v) is 4.51. The third-order valence-electron chi connectivity index (χ3n) is 4.51. The van der Waals surface area contributed by atoms with E-state index in [1.54, 1.807) is 0 Å². The average Bonchev–Trinajstić information content (AvgIpc) is 3.01. The normalized spacial score (nSPS) is 23.8. The minimum atomic E-state index is 0.606. The fourth-order valence-electron chi connectivity index (χ4n) is 3.36. The largest absolute Gasteiger partial charge is 0.330 e. The summed E-state index contributed by atoms with van der Waals surface area (Å²) < 4.78 is 2.10. The predicted molar refractivity (Wildman–Crippen MR) is 82.4 cm³/mol. The molecule has 108 valence electrons. The van der Waals surface area contributed by atoms with Gasteiger partial charge in [-0.2, -0.15) is 5.10 Å². The second kappa shape index (κ2) is 5.54. The lowest BCUT2D eigenvalue weighted by Gasteiger charge is -2.19. The summed E-state index contributed by atoms with van der Waals surface area (Å²) in [7, 11) is 0. The summed E-state index contributed by atoms with van der Waals surface area (Å²) in [6, 6.07) is 9.14. The van der Waals surface area contributed by atoms with Crippen LogP contribution >= 0.6 is 0 Å². The molecule has 0 radical (unpaired) electrons. The standard InChI is InChI=1S/C16H24N4/c1-3-20-16-7-5-4-6-14(16)15(18-20)11-19-10-13(9-17)8-12(19)2/h4-7,12-13H,3,8-11,17H2,1-2H3. The first-order chi connectivity index (χ1) is 9.72. The number of hydrogen-bond donors (Lipinski definition) is 1. The Morgan fingerprint density at radius 3 is 2.85 bits per heavy atom. The molecule has 1 fully saturated rings. The van der Waals surface area contributed by atoms with E-state index in [-0.39, 0.29) is 0 Å². The van der Waals surface area contributed by atoms with Crippen LogP contribution in [0.2, 0.25) is 0 Å².